The number of nitrogens with zero attached hydrogens (tertiary/aromatic N) is 3. The Kier molecular flexibility index (Phi) is 4.81. The van der Waals surface area contributed by atoms with Gasteiger partial charge in [-0.15, -0.1) is 0 Å². The van der Waals surface area contributed by atoms with E-state index >= 15 is 0 Å². The van der Waals surface area contributed by atoms with Gasteiger partial charge in [-0.2, -0.15) is 0 Å². The number of pyridine rings is 1. The summed E-state index contributed by atoms with van der Waals surface area (Å²) in [7, 11) is -0.0871. The van der Waals surface area contributed by atoms with Gasteiger partial charge >= 0.3 is 0 Å². The van der Waals surface area contributed by atoms with E-state index in [2.05, 4.69) is 4.98 Å². The lowest BCUT2D eigenvalue weighted by molar-refractivity contribution is 0.414. The number of fused-ring (bicyclic) bond motifs is 1. The molecule has 5 nitrogen and oxygen atoms in total. The van der Waals surface area contributed by atoms with Crippen LogP contribution in [-0.4, -0.2) is 42.9 Å². The summed E-state index contributed by atoms with van der Waals surface area (Å²) in [5, 5.41) is 0.610. The Morgan fingerprint density at radius 3 is 2.72 bits per heavy atom. The maximum Gasteiger partial charge on any atom is 0.270 e. The molecule has 0 saturated heterocycles. The fourth-order valence-corrected chi connectivity index (χ4v) is 4.47. The summed E-state index contributed by atoms with van der Waals surface area (Å²) in [6.45, 7) is 0.769. The molecule has 2 aromatic heterocycles. The number of halogens is 2. The van der Waals surface area contributed by atoms with Crippen LogP contribution in [0.2, 0.25) is 5.02 Å². The van der Waals surface area contributed by atoms with Gasteiger partial charge in [0.05, 0.1) is 5.02 Å². The van der Waals surface area contributed by atoms with Crippen LogP contribution in [0.1, 0.15) is 5.56 Å². The normalized spacial score (nSPS) is 12.2. The second-order valence-electron chi connectivity index (χ2n) is 5.96. The molecule has 0 radical (unpaired) electrons. The lowest BCUT2D eigenvalue weighted by atomic mass is 10.1. The minimum absolute atomic E-state index is 0.155. The summed E-state index contributed by atoms with van der Waals surface area (Å²) >= 11 is 5.97. The number of benzene rings is 1. The Morgan fingerprint density at radius 1 is 1.28 bits per heavy atom. The van der Waals surface area contributed by atoms with Crippen LogP contribution in [0.3, 0.4) is 0 Å². The van der Waals surface area contributed by atoms with Gasteiger partial charge in [0.25, 0.3) is 10.0 Å². The van der Waals surface area contributed by atoms with Crippen LogP contribution in [0, 0.1) is 5.82 Å². The highest BCUT2D eigenvalue weighted by Gasteiger charge is 2.24. The Bertz CT molecular complexity index is 1030. The van der Waals surface area contributed by atoms with E-state index in [4.69, 9.17) is 11.6 Å². The molecular weight excluding hydrogens is 365 g/mol. The van der Waals surface area contributed by atoms with Crippen molar-refractivity contribution in [3.63, 3.8) is 0 Å². The highest BCUT2D eigenvalue weighted by molar-refractivity contribution is 7.90. The molecule has 2 heterocycles. The van der Waals surface area contributed by atoms with Crippen LogP contribution >= 0.6 is 11.6 Å². The van der Waals surface area contributed by atoms with Crippen LogP contribution in [0.15, 0.2) is 47.6 Å². The average Bonchev–Trinajstić information content (AvgIpc) is 2.92. The van der Waals surface area contributed by atoms with Crippen molar-refractivity contribution in [1.82, 2.24) is 13.9 Å². The van der Waals surface area contributed by atoms with Crippen LogP contribution in [0.4, 0.5) is 4.39 Å². The minimum Gasteiger partial charge on any atom is -0.309 e. The Hall–Kier alpha value is -1.96. The first-order valence-electron chi connectivity index (χ1n) is 7.61. The molecule has 0 atom stereocenters. The number of likely N-dealkylation sites (N-methyl/N-ethyl adjacent to an activating group) is 1. The maximum atomic E-state index is 13.3. The van der Waals surface area contributed by atoms with Crippen LogP contribution < -0.4 is 0 Å². The quantitative estimate of drug-likeness (QED) is 0.681. The van der Waals surface area contributed by atoms with Crippen molar-refractivity contribution in [1.29, 1.82) is 0 Å². The first kappa shape index (κ1) is 17.8. The van der Waals surface area contributed by atoms with Gasteiger partial charge in [-0.25, -0.2) is 21.8 Å². The van der Waals surface area contributed by atoms with E-state index in [1.165, 1.54) is 12.3 Å². The minimum atomic E-state index is -3.99. The van der Waals surface area contributed by atoms with Crippen molar-refractivity contribution >= 4 is 32.7 Å². The van der Waals surface area contributed by atoms with E-state index in [1.807, 2.05) is 25.1 Å². The van der Waals surface area contributed by atoms with Gasteiger partial charge in [0, 0.05) is 24.3 Å². The third kappa shape index (κ3) is 3.40. The summed E-state index contributed by atoms with van der Waals surface area (Å²) in [6.07, 6.45) is 3.78. The molecule has 3 aromatic rings. The van der Waals surface area contributed by atoms with Crippen molar-refractivity contribution in [2.45, 2.75) is 11.3 Å². The summed E-state index contributed by atoms with van der Waals surface area (Å²) in [5.74, 6) is -0.592. The lowest BCUT2D eigenvalue weighted by Gasteiger charge is -2.09. The number of aromatic nitrogens is 2. The maximum absolute atomic E-state index is 13.3. The smallest absolute Gasteiger partial charge is 0.270 e. The van der Waals surface area contributed by atoms with Crippen molar-refractivity contribution < 1.29 is 12.8 Å². The third-order valence-corrected chi connectivity index (χ3v) is 6.01. The predicted octanol–water partition coefficient (Wildman–Crippen LogP) is 3.17. The zero-order valence-electron chi connectivity index (χ0n) is 13.8. The molecule has 8 heteroatoms. The first-order valence-corrected chi connectivity index (χ1v) is 9.43. The molecule has 25 heavy (non-hydrogen) atoms. The zero-order valence-corrected chi connectivity index (χ0v) is 15.4. The molecule has 0 aliphatic carbocycles. The largest absolute Gasteiger partial charge is 0.309 e. The summed E-state index contributed by atoms with van der Waals surface area (Å²) in [5.41, 5.74) is 1.20. The molecule has 0 bridgehead atoms. The molecular formula is C17H17ClFN3O2S. The lowest BCUT2D eigenvalue weighted by Crippen LogP contribution is -2.15. The fraction of sp³-hybridized carbons (Fsp3) is 0.235. The fourth-order valence-electron chi connectivity index (χ4n) is 2.61. The van der Waals surface area contributed by atoms with E-state index in [0.29, 0.717) is 12.1 Å². The van der Waals surface area contributed by atoms with Crippen molar-refractivity contribution in [2.24, 2.45) is 0 Å². The Labute approximate surface area is 150 Å². The molecule has 0 fully saturated rings. The molecule has 0 amide bonds. The molecule has 1 aromatic carbocycles. The van der Waals surface area contributed by atoms with E-state index < -0.39 is 15.8 Å². The van der Waals surface area contributed by atoms with E-state index in [0.717, 1.165) is 33.6 Å². The molecule has 0 spiro atoms. The van der Waals surface area contributed by atoms with Crippen molar-refractivity contribution in [2.75, 3.05) is 20.6 Å². The van der Waals surface area contributed by atoms with Gasteiger partial charge in [0.15, 0.2) is 5.65 Å². The first-order chi connectivity index (χ1) is 11.8. The summed E-state index contributed by atoms with van der Waals surface area (Å²) in [4.78, 5) is 6.08. The Balaban J connectivity index is 2.17. The van der Waals surface area contributed by atoms with Gasteiger partial charge in [-0.3, -0.25) is 0 Å². The van der Waals surface area contributed by atoms with Gasteiger partial charge in [0.1, 0.15) is 10.7 Å². The van der Waals surface area contributed by atoms with Crippen molar-refractivity contribution in [3.8, 4) is 0 Å². The van der Waals surface area contributed by atoms with Gasteiger partial charge in [-0.05, 0) is 56.4 Å². The molecule has 0 saturated carbocycles. The topological polar surface area (TPSA) is 55.2 Å². The monoisotopic (exact) mass is 381 g/mol. The Morgan fingerprint density at radius 2 is 2.04 bits per heavy atom. The highest BCUT2D eigenvalue weighted by Crippen LogP contribution is 2.29. The SMILES string of the molecule is CN(C)CCc1cn(S(=O)(=O)c2ccc(F)cc2Cl)c2ncccc12. The predicted molar refractivity (Wildman–Crippen MR) is 96.0 cm³/mol. The van der Waals surface area contributed by atoms with Gasteiger partial charge in [0.2, 0.25) is 0 Å². The highest BCUT2D eigenvalue weighted by atomic mass is 35.5. The molecule has 0 N–H and O–H groups in total. The van der Waals surface area contributed by atoms with E-state index in [1.54, 1.807) is 12.3 Å². The van der Waals surface area contributed by atoms with Gasteiger partial charge in [-0.1, -0.05) is 11.6 Å². The molecule has 0 unspecified atom stereocenters. The average molecular weight is 382 g/mol. The number of hydrogen-bond acceptors (Lipinski definition) is 4. The number of hydrogen-bond donors (Lipinski definition) is 0. The summed E-state index contributed by atoms with van der Waals surface area (Å²) < 4.78 is 40.5. The number of rotatable bonds is 5. The van der Waals surface area contributed by atoms with Crippen molar-refractivity contribution in [3.05, 3.63) is 59.1 Å². The second kappa shape index (κ2) is 6.74. The zero-order chi connectivity index (χ0) is 18.2. The van der Waals surface area contributed by atoms with Crippen LogP contribution in [0.25, 0.3) is 11.0 Å². The molecule has 0 aliphatic heterocycles. The van der Waals surface area contributed by atoms with Gasteiger partial charge < -0.3 is 4.90 Å². The molecule has 132 valence electrons. The molecule has 0 aliphatic rings. The second-order valence-corrected chi connectivity index (χ2v) is 8.15. The standard InChI is InChI=1S/C17H17ClFN3O2S/c1-21(2)9-7-12-11-22(17-14(12)4-3-8-20-17)25(23,24)16-6-5-13(19)10-15(16)18/h3-6,8,10-11H,7,9H2,1-2H3. The summed E-state index contributed by atoms with van der Waals surface area (Å²) in [6, 6.07) is 6.83. The van der Waals surface area contributed by atoms with E-state index in [-0.39, 0.29) is 9.92 Å². The third-order valence-electron chi connectivity index (χ3n) is 3.87. The van der Waals surface area contributed by atoms with Crippen LogP contribution in [0.5, 0.6) is 0 Å². The van der Waals surface area contributed by atoms with Crippen LogP contribution in [-0.2, 0) is 16.4 Å². The molecule has 3 rings (SSSR count). The van der Waals surface area contributed by atoms with E-state index in [9.17, 15) is 12.8 Å².